The lowest BCUT2D eigenvalue weighted by molar-refractivity contribution is -0.151. The summed E-state index contributed by atoms with van der Waals surface area (Å²) in [6.45, 7) is 2.02. The minimum atomic E-state index is -2.06. The summed E-state index contributed by atoms with van der Waals surface area (Å²) >= 11 is 1.55. The minimum Gasteiger partial charge on any atom is -0.480 e. The van der Waals surface area contributed by atoms with Crippen LogP contribution < -0.4 is 5.73 Å². The molecule has 1 rings (SSSR count). The van der Waals surface area contributed by atoms with Crippen molar-refractivity contribution in [2.24, 2.45) is 5.73 Å². The first-order chi connectivity index (χ1) is 9.93. The lowest BCUT2D eigenvalue weighted by atomic mass is 9.86. The molecule has 0 bridgehead atoms. The average Bonchev–Trinajstić information content (AvgIpc) is 2.50. The molecule has 0 radical (unpaired) electrons. The van der Waals surface area contributed by atoms with Crippen molar-refractivity contribution in [2.45, 2.75) is 31.4 Å². The molecule has 1 aromatic rings. The van der Waals surface area contributed by atoms with Crippen molar-refractivity contribution in [3.63, 3.8) is 0 Å². The highest BCUT2D eigenvalue weighted by molar-refractivity contribution is 7.99. The van der Waals surface area contributed by atoms with Crippen molar-refractivity contribution in [3.05, 3.63) is 35.9 Å². The highest BCUT2D eigenvalue weighted by Gasteiger charge is 2.44. The van der Waals surface area contributed by atoms with Gasteiger partial charge in [-0.25, -0.2) is 4.79 Å². The van der Waals surface area contributed by atoms with Crippen LogP contribution in [0.5, 0.6) is 0 Å². The van der Waals surface area contributed by atoms with Gasteiger partial charge < -0.3 is 15.9 Å². The van der Waals surface area contributed by atoms with Gasteiger partial charge in [-0.2, -0.15) is 11.8 Å². The van der Waals surface area contributed by atoms with E-state index in [1.54, 1.807) is 42.1 Å². The molecule has 0 amide bonds. The number of nitrogens with two attached hydrogens (primary N) is 1. The first-order valence-electron chi connectivity index (χ1n) is 6.80. The van der Waals surface area contributed by atoms with Crippen LogP contribution in [0.4, 0.5) is 0 Å². The van der Waals surface area contributed by atoms with E-state index in [9.17, 15) is 19.8 Å². The molecule has 1 aromatic carbocycles. The second-order valence-electron chi connectivity index (χ2n) is 4.82. The molecule has 6 heteroatoms. The number of hydrogen-bond donors (Lipinski definition) is 3. The Hall–Kier alpha value is -1.37. The van der Waals surface area contributed by atoms with Gasteiger partial charge in [0.2, 0.25) is 0 Å². The van der Waals surface area contributed by atoms with Gasteiger partial charge in [0, 0.05) is 0 Å². The van der Waals surface area contributed by atoms with Gasteiger partial charge in [0.15, 0.2) is 11.3 Å². The highest BCUT2D eigenvalue weighted by Crippen LogP contribution is 2.23. The maximum atomic E-state index is 12.3. The second-order valence-corrected chi connectivity index (χ2v) is 6.04. The van der Waals surface area contributed by atoms with Gasteiger partial charge >= 0.3 is 5.97 Å². The molecule has 0 saturated heterocycles. The van der Waals surface area contributed by atoms with E-state index in [2.05, 4.69) is 0 Å². The van der Waals surface area contributed by atoms with Gasteiger partial charge in [-0.05, 0) is 29.9 Å². The van der Waals surface area contributed by atoms with Crippen LogP contribution >= 0.6 is 11.8 Å². The van der Waals surface area contributed by atoms with Crippen molar-refractivity contribution in [1.82, 2.24) is 0 Å². The third-order valence-corrected chi connectivity index (χ3v) is 4.36. The monoisotopic (exact) mass is 311 g/mol. The maximum absolute atomic E-state index is 12.3. The summed E-state index contributed by atoms with van der Waals surface area (Å²) < 4.78 is 0. The number of carbonyl (C=O) groups excluding carboxylic acids is 1. The van der Waals surface area contributed by atoms with Crippen LogP contribution in [-0.4, -0.2) is 39.0 Å². The molecule has 5 nitrogen and oxygen atoms in total. The molecule has 0 saturated carbocycles. The largest absolute Gasteiger partial charge is 0.480 e. The Morgan fingerprint density at radius 3 is 2.43 bits per heavy atom. The molecular formula is C15H21NO4S. The number of Topliss-reactive ketones (excluding diaryl/α,β-unsaturated/α-hetero) is 1. The van der Waals surface area contributed by atoms with Gasteiger partial charge in [-0.3, -0.25) is 4.79 Å². The number of aliphatic hydroxyl groups excluding tert-OH is 1. The fourth-order valence-corrected chi connectivity index (χ4v) is 2.80. The van der Waals surface area contributed by atoms with Crippen LogP contribution in [0.1, 0.15) is 31.4 Å². The Kier molecular flexibility index (Phi) is 6.87. The molecule has 0 heterocycles. The molecule has 0 aliphatic rings. The Morgan fingerprint density at radius 1 is 1.29 bits per heavy atom. The van der Waals surface area contributed by atoms with E-state index in [4.69, 9.17) is 5.73 Å². The van der Waals surface area contributed by atoms with Gasteiger partial charge in [0.25, 0.3) is 0 Å². The number of carboxylic acid groups (broad SMARTS) is 1. The molecule has 21 heavy (non-hydrogen) atoms. The maximum Gasteiger partial charge on any atom is 0.331 e. The van der Waals surface area contributed by atoms with E-state index < -0.39 is 23.4 Å². The summed E-state index contributed by atoms with van der Waals surface area (Å²) in [5.74, 6) is -0.937. The SMILES string of the molecule is CCCSCCC(N)(C(=O)O)C(=O)C(O)c1ccccc1. The molecule has 0 fully saturated rings. The van der Waals surface area contributed by atoms with Crippen LogP contribution in [0, 0.1) is 0 Å². The summed E-state index contributed by atoms with van der Waals surface area (Å²) in [5, 5.41) is 19.4. The van der Waals surface area contributed by atoms with Crippen molar-refractivity contribution in [1.29, 1.82) is 0 Å². The van der Waals surface area contributed by atoms with E-state index in [1.165, 1.54) is 0 Å². The molecule has 116 valence electrons. The number of carboxylic acids is 1. The number of hydrogen-bond acceptors (Lipinski definition) is 5. The fraction of sp³-hybridized carbons (Fsp3) is 0.467. The molecule has 2 unspecified atom stereocenters. The molecule has 0 aromatic heterocycles. The van der Waals surface area contributed by atoms with Crippen LogP contribution in [0.2, 0.25) is 0 Å². The van der Waals surface area contributed by atoms with E-state index in [0.29, 0.717) is 11.3 Å². The summed E-state index contributed by atoms with van der Waals surface area (Å²) in [6.07, 6.45) is -0.561. The second kappa shape index (κ2) is 8.17. The summed E-state index contributed by atoms with van der Waals surface area (Å²) in [6, 6.07) is 8.21. The quantitative estimate of drug-likeness (QED) is 0.473. The number of rotatable bonds is 9. The van der Waals surface area contributed by atoms with Crippen molar-refractivity contribution < 1.29 is 19.8 Å². The van der Waals surface area contributed by atoms with Gasteiger partial charge in [0.1, 0.15) is 6.10 Å². The third-order valence-electron chi connectivity index (χ3n) is 3.17. The zero-order valence-corrected chi connectivity index (χ0v) is 12.8. The van der Waals surface area contributed by atoms with Crippen molar-refractivity contribution >= 4 is 23.5 Å². The Bertz CT molecular complexity index is 480. The van der Waals surface area contributed by atoms with Crippen LogP contribution in [0.25, 0.3) is 0 Å². The minimum absolute atomic E-state index is 0.00424. The first kappa shape index (κ1) is 17.7. The van der Waals surface area contributed by atoms with E-state index >= 15 is 0 Å². The molecule has 0 spiro atoms. The lowest BCUT2D eigenvalue weighted by Gasteiger charge is -2.25. The molecular weight excluding hydrogens is 290 g/mol. The fourth-order valence-electron chi connectivity index (χ4n) is 1.85. The van der Waals surface area contributed by atoms with Crippen molar-refractivity contribution in [2.75, 3.05) is 11.5 Å². The number of aliphatic hydroxyl groups is 1. The van der Waals surface area contributed by atoms with Gasteiger partial charge in [-0.15, -0.1) is 0 Å². The summed E-state index contributed by atoms with van der Waals surface area (Å²) in [5.41, 5.74) is 4.07. The zero-order valence-electron chi connectivity index (χ0n) is 12.0. The zero-order chi connectivity index (χ0) is 15.9. The van der Waals surface area contributed by atoms with Crippen LogP contribution in [-0.2, 0) is 9.59 Å². The summed E-state index contributed by atoms with van der Waals surface area (Å²) in [4.78, 5) is 23.7. The number of benzene rings is 1. The number of ketones is 1. The Labute approximate surface area is 128 Å². The molecule has 4 N–H and O–H groups in total. The van der Waals surface area contributed by atoms with E-state index in [1.807, 2.05) is 6.92 Å². The predicted octanol–water partition coefficient (Wildman–Crippen LogP) is 1.60. The van der Waals surface area contributed by atoms with Gasteiger partial charge in [0.05, 0.1) is 0 Å². The van der Waals surface area contributed by atoms with Crippen molar-refractivity contribution in [3.8, 4) is 0 Å². The van der Waals surface area contributed by atoms with E-state index in [-0.39, 0.29) is 6.42 Å². The number of thioether (sulfide) groups is 1. The number of carbonyl (C=O) groups is 2. The molecule has 2 atom stereocenters. The highest BCUT2D eigenvalue weighted by atomic mass is 32.2. The summed E-state index contributed by atoms with van der Waals surface area (Å²) in [7, 11) is 0. The molecule has 0 aliphatic carbocycles. The normalized spacial score (nSPS) is 15.2. The Morgan fingerprint density at radius 2 is 1.90 bits per heavy atom. The smallest absolute Gasteiger partial charge is 0.331 e. The Balaban J connectivity index is 2.84. The topological polar surface area (TPSA) is 101 Å². The lowest BCUT2D eigenvalue weighted by Crippen LogP contribution is -2.57. The van der Waals surface area contributed by atoms with Crippen LogP contribution in [0.3, 0.4) is 0 Å². The van der Waals surface area contributed by atoms with E-state index in [0.717, 1.165) is 12.2 Å². The standard InChI is InChI=1S/C15H21NO4S/c1-2-9-21-10-8-15(16,14(19)20)13(18)12(17)11-6-4-3-5-7-11/h3-7,12,17H,2,8-10,16H2,1H3,(H,19,20). The van der Waals surface area contributed by atoms with Gasteiger partial charge in [-0.1, -0.05) is 37.3 Å². The predicted molar refractivity (Wildman–Crippen MR) is 83.2 cm³/mol. The number of aliphatic carboxylic acids is 1. The van der Waals surface area contributed by atoms with Crippen LogP contribution in [0.15, 0.2) is 30.3 Å². The average molecular weight is 311 g/mol. The molecule has 0 aliphatic heterocycles. The first-order valence-corrected chi connectivity index (χ1v) is 7.96. The third kappa shape index (κ3) is 4.56.